The van der Waals surface area contributed by atoms with Crippen LogP contribution in [0.15, 0.2) is 18.2 Å². The second-order valence-corrected chi connectivity index (χ2v) is 3.76. The molecule has 0 aliphatic rings. The molecule has 0 radical (unpaired) electrons. The Bertz CT molecular complexity index is 368. The average molecular weight is 254 g/mol. The Kier molecular flexibility index (Phi) is 4.18. The molecule has 90 valence electrons. The van der Waals surface area contributed by atoms with E-state index < -0.39 is 17.8 Å². The van der Waals surface area contributed by atoms with E-state index in [2.05, 4.69) is 0 Å². The first-order chi connectivity index (χ1) is 7.36. The summed E-state index contributed by atoms with van der Waals surface area (Å²) in [4.78, 5) is 0. The molecule has 16 heavy (non-hydrogen) atoms. The molecule has 6 heteroatoms. The van der Waals surface area contributed by atoms with Crippen molar-refractivity contribution < 1.29 is 18.3 Å². The lowest BCUT2D eigenvalue weighted by Crippen LogP contribution is -2.14. The fourth-order valence-electron chi connectivity index (χ4n) is 1.38. The number of benzene rings is 1. The minimum atomic E-state index is -4.53. The lowest BCUT2D eigenvalue weighted by Gasteiger charge is -2.17. The van der Waals surface area contributed by atoms with Gasteiger partial charge in [-0.3, -0.25) is 0 Å². The second kappa shape index (κ2) is 5.03. The van der Waals surface area contributed by atoms with Gasteiger partial charge in [-0.1, -0.05) is 17.7 Å². The zero-order valence-electron chi connectivity index (χ0n) is 8.26. The molecular formula is C10H11ClF3NO. The molecule has 1 atom stereocenters. The summed E-state index contributed by atoms with van der Waals surface area (Å²) in [6.45, 7) is 0.112. The third-order valence-corrected chi connectivity index (χ3v) is 2.35. The van der Waals surface area contributed by atoms with Crippen LogP contribution in [0.5, 0.6) is 0 Å². The zero-order chi connectivity index (χ0) is 12.3. The van der Waals surface area contributed by atoms with Gasteiger partial charge in [0.1, 0.15) is 0 Å². The normalized spacial score (nSPS) is 13.9. The van der Waals surface area contributed by atoms with E-state index in [4.69, 9.17) is 17.3 Å². The van der Waals surface area contributed by atoms with Gasteiger partial charge in [0.2, 0.25) is 0 Å². The van der Waals surface area contributed by atoms with Gasteiger partial charge in [-0.05, 0) is 30.7 Å². The summed E-state index contributed by atoms with van der Waals surface area (Å²) in [6, 6.07) is 3.29. The van der Waals surface area contributed by atoms with E-state index in [1.54, 1.807) is 0 Å². The molecule has 1 aromatic rings. The van der Waals surface area contributed by atoms with Gasteiger partial charge in [-0.25, -0.2) is 0 Å². The predicted molar refractivity (Wildman–Crippen MR) is 55.1 cm³/mol. The smallest absolute Gasteiger partial charge is 0.388 e. The van der Waals surface area contributed by atoms with E-state index in [9.17, 15) is 18.3 Å². The Morgan fingerprint density at radius 1 is 1.38 bits per heavy atom. The summed E-state index contributed by atoms with van der Waals surface area (Å²) in [5.41, 5.74) is 4.08. The molecule has 0 heterocycles. The minimum absolute atomic E-state index is 0.0176. The highest BCUT2D eigenvalue weighted by Crippen LogP contribution is 2.36. The van der Waals surface area contributed by atoms with Crippen LogP contribution in [0.4, 0.5) is 13.2 Å². The maximum absolute atomic E-state index is 12.6. The summed E-state index contributed by atoms with van der Waals surface area (Å²) in [6.07, 6.45) is -5.68. The van der Waals surface area contributed by atoms with Gasteiger partial charge in [0.15, 0.2) is 0 Å². The largest absolute Gasteiger partial charge is 0.416 e. The van der Waals surface area contributed by atoms with Crippen molar-refractivity contribution >= 4 is 11.6 Å². The van der Waals surface area contributed by atoms with Crippen molar-refractivity contribution in [3.05, 3.63) is 34.3 Å². The Hall–Kier alpha value is -0.780. The maximum atomic E-state index is 12.6. The van der Waals surface area contributed by atoms with Crippen LogP contribution in [0, 0.1) is 0 Å². The van der Waals surface area contributed by atoms with Crippen LogP contribution in [0.1, 0.15) is 23.7 Å². The number of halogens is 4. The number of aliphatic hydroxyl groups excluding tert-OH is 1. The molecule has 0 saturated heterocycles. The Labute approximate surface area is 95.8 Å². The van der Waals surface area contributed by atoms with Crippen LogP contribution in [0.2, 0.25) is 5.02 Å². The summed E-state index contributed by atoms with van der Waals surface area (Å²) in [5.74, 6) is 0. The van der Waals surface area contributed by atoms with Crippen molar-refractivity contribution in [2.24, 2.45) is 5.73 Å². The standard InChI is InChI=1S/C10H11ClF3NO/c11-6-1-2-7(9(16)3-4-15)8(5-6)10(12,13)14/h1-2,5,9,16H,3-4,15H2/t9-/m0/s1. The Morgan fingerprint density at radius 3 is 2.50 bits per heavy atom. The number of hydrogen-bond donors (Lipinski definition) is 2. The summed E-state index contributed by atoms with van der Waals surface area (Å²) >= 11 is 5.50. The first-order valence-electron chi connectivity index (χ1n) is 4.61. The molecular weight excluding hydrogens is 243 g/mol. The first-order valence-corrected chi connectivity index (χ1v) is 4.99. The van der Waals surface area contributed by atoms with E-state index in [1.165, 1.54) is 12.1 Å². The number of alkyl halides is 3. The lowest BCUT2D eigenvalue weighted by molar-refractivity contribution is -0.139. The number of rotatable bonds is 3. The monoisotopic (exact) mass is 253 g/mol. The molecule has 2 nitrogen and oxygen atoms in total. The highest BCUT2D eigenvalue weighted by molar-refractivity contribution is 6.30. The summed E-state index contributed by atoms with van der Waals surface area (Å²) in [7, 11) is 0. The predicted octanol–water partition coefficient (Wildman–Crippen LogP) is 2.74. The molecule has 0 spiro atoms. The van der Waals surface area contributed by atoms with E-state index >= 15 is 0 Å². The number of hydrogen-bond acceptors (Lipinski definition) is 2. The van der Waals surface area contributed by atoms with Crippen molar-refractivity contribution in [1.29, 1.82) is 0 Å². The third-order valence-electron chi connectivity index (χ3n) is 2.12. The maximum Gasteiger partial charge on any atom is 0.416 e. The van der Waals surface area contributed by atoms with Crippen molar-refractivity contribution in [3.63, 3.8) is 0 Å². The Balaban J connectivity index is 3.18. The molecule has 0 fully saturated rings. The van der Waals surface area contributed by atoms with Crippen LogP contribution >= 0.6 is 11.6 Å². The molecule has 1 aromatic carbocycles. The van der Waals surface area contributed by atoms with Crippen LogP contribution in [-0.4, -0.2) is 11.7 Å². The zero-order valence-corrected chi connectivity index (χ0v) is 9.02. The molecule has 0 aromatic heterocycles. The van der Waals surface area contributed by atoms with Crippen molar-refractivity contribution in [1.82, 2.24) is 0 Å². The average Bonchev–Trinajstić information content (AvgIpc) is 2.16. The third kappa shape index (κ3) is 3.10. The van der Waals surface area contributed by atoms with E-state index in [0.717, 1.165) is 6.07 Å². The van der Waals surface area contributed by atoms with Gasteiger partial charge in [0, 0.05) is 5.02 Å². The van der Waals surface area contributed by atoms with Gasteiger partial charge < -0.3 is 10.8 Å². The molecule has 0 bridgehead atoms. The highest BCUT2D eigenvalue weighted by atomic mass is 35.5. The lowest BCUT2D eigenvalue weighted by atomic mass is 10.00. The van der Waals surface area contributed by atoms with Crippen LogP contribution in [0.3, 0.4) is 0 Å². The van der Waals surface area contributed by atoms with Gasteiger partial charge in [-0.15, -0.1) is 0 Å². The topological polar surface area (TPSA) is 46.2 Å². The summed E-state index contributed by atoms with van der Waals surface area (Å²) in [5, 5.41) is 9.51. The van der Waals surface area contributed by atoms with Crippen LogP contribution < -0.4 is 5.73 Å². The van der Waals surface area contributed by atoms with Gasteiger partial charge in [0.25, 0.3) is 0 Å². The van der Waals surface area contributed by atoms with Gasteiger partial charge >= 0.3 is 6.18 Å². The molecule has 0 amide bonds. The molecule has 3 N–H and O–H groups in total. The number of aliphatic hydroxyl groups is 1. The van der Waals surface area contributed by atoms with E-state index in [1.807, 2.05) is 0 Å². The van der Waals surface area contributed by atoms with Crippen LogP contribution in [-0.2, 0) is 6.18 Å². The SMILES string of the molecule is NCC[C@H](O)c1ccc(Cl)cc1C(F)(F)F. The fraction of sp³-hybridized carbons (Fsp3) is 0.400. The quantitative estimate of drug-likeness (QED) is 0.870. The summed E-state index contributed by atoms with van der Waals surface area (Å²) < 4.78 is 37.9. The molecule has 1 rings (SSSR count). The molecule has 0 aliphatic carbocycles. The van der Waals surface area contributed by atoms with Crippen molar-refractivity contribution in [2.45, 2.75) is 18.7 Å². The fourth-order valence-corrected chi connectivity index (χ4v) is 1.55. The molecule has 0 unspecified atom stereocenters. The number of nitrogens with two attached hydrogens (primary N) is 1. The van der Waals surface area contributed by atoms with Crippen molar-refractivity contribution in [2.75, 3.05) is 6.54 Å². The minimum Gasteiger partial charge on any atom is -0.388 e. The van der Waals surface area contributed by atoms with Gasteiger partial charge in [-0.2, -0.15) is 13.2 Å². The van der Waals surface area contributed by atoms with E-state index in [-0.39, 0.29) is 23.6 Å². The van der Waals surface area contributed by atoms with Gasteiger partial charge in [0.05, 0.1) is 11.7 Å². The first kappa shape index (κ1) is 13.3. The van der Waals surface area contributed by atoms with Crippen LogP contribution in [0.25, 0.3) is 0 Å². The van der Waals surface area contributed by atoms with E-state index in [0.29, 0.717) is 0 Å². The van der Waals surface area contributed by atoms with Crippen molar-refractivity contribution in [3.8, 4) is 0 Å². The highest BCUT2D eigenvalue weighted by Gasteiger charge is 2.35. The Morgan fingerprint density at radius 2 is 2.00 bits per heavy atom. The molecule has 0 saturated carbocycles. The second-order valence-electron chi connectivity index (χ2n) is 3.32. The molecule has 0 aliphatic heterocycles.